The van der Waals surface area contributed by atoms with Crippen molar-refractivity contribution in [2.24, 2.45) is 11.3 Å². The van der Waals surface area contributed by atoms with Crippen LogP contribution in [0.5, 0.6) is 5.75 Å². The van der Waals surface area contributed by atoms with Gasteiger partial charge in [0, 0.05) is 16.6 Å². The maximum absolute atomic E-state index is 9.46. The van der Waals surface area contributed by atoms with Gasteiger partial charge in [-0.15, -0.1) is 0 Å². The summed E-state index contributed by atoms with van der Waals surface area (Å²) in [7, 11) is 0. The average molecular weight is 344 g/mol. The zero-order valence-corrected chi connectivity index (χ0v) is 17.3. The first kappa shape index (κ1) is 21.5. The molecule has 2 nitrogen and oxygen atoms in total. The number of pyridine rings is 1. The lowest BCUT2D eigenvalue weighted by Crippen LogP contribution is -2.22. The number of phenols is 1. The molecule has 1 fully saturated rings. The van der Waals surface area contributed by atoms with Gasteiger partial charge in [-0.05, 0) is 56.2 Å². The van der Waals surface area contributed by atoms with E-state index in [1.54, 1.807) is 6.07 Å². The van der Waals surface area contributed by atoms with Crippen molar-refractivity contribution in [3.8, 4) is 5.75 Å². The molecule has 1 heterocycles. The van der Waals surface area contributed by atoms with Crippen LogP contribution in [0, 0.1) is 25.2 Å². The maximum atomic E-state index is 9.46. The Morgan fingerprint density at radius 3 is 2.04 bits per heavy atom. The highest BCUT2D eigenvalue weighted by Crippen LogP contribution is 2.37. The molecule has 0 bridgehead atoms. The largest absolute Gasteiger partial charge is 0.508 e. The molecule has 0 spiro atoms. The van der Waals surface area contributed by atoms with Crippen LogP contribution in [0.2, 0.25) is 0 Å². The molecule has 0 amide bonds. The SMILES string of the molecule is CC.CC(C)(C)C1CCCCC1.Cc1ccc2c(C)c(O)ccc2n1. The Morgan fingerprint density at radius 2 is 1.52 bits per heavy atom. The van der Waals surface area contributed by atoms with Gasteiger partial charge in [-0.1, -0.05) is 59.9 Å². The average Bonchev–Trinajstić information content (AvgIpc) is 2.61. The molecular weight excluding hydrogens is 306 g/mol. The van der Waals surface area contributed by atoms with Crippen molar-refractivity contribution >= 4 is 10.9 Å². The van der Waals surface area contributed by atoms with Crippen molar-refractivity contribution in [1.82, 2.24) is 4.98 Å². The van der Waals surface area contributed by atoms with Crippen LogP contribution in [0.25, 0.3) is 10.9 Å². The first-order chi connectivity index (χ1) is 11.8. The number of aromatic nitrogens is 1. The van der Waals surface area contributed by atoms with E-state index in [1.165, 1.54) is 32.1 Å². The first-order valence-electron chi connectivity index (χ1n) is 9.85. The topological polar surface area (TPSA) is 33.1 Å². The third-order valence-corrected chi connectivity index (χ3v) is 5.08. The number of benzene rings is 1. The molecule has 0 aliphatic heterocycles. The molecule has 1 aromatic heterocycles. The van der Waals surface area contributed by atoms with E-state index in [1.807, 2.05) is 45.9 Å². The number of nitrogens with zero attached hydrogens (tertiary/aromatic N) is 1. The third-order valence-electron chi connectivity index (χ3n) is 5.08. The minimum absolute atomic E-state index is 0.332. The molecule has 140 valence electrons. The standard InChI is InChI=1S/C11H11NO.C10H20.C2H6/c1-7-3-4-9-8(2)11(13)6-5-10(9)12-7;1-10(2,3)9-7-5-4-6-8-9;1-2/h3-6,13H,1-2H3;9H,4-8H2,1-3H3;1-2H3. The van der Waals surface area contributed by atoms with Crippen molar-refractivity contribution in [3.05, 3.63) is 35.5 Å². The molecule has 2 heteroatoms. The number of fused-ring (bicyclic) bond motifs is 1. The van der Waals surface area contributed by atoms with Gasteiger partial charge in [0.15, 0.2) is 0 Å². The summed E-state index contributed by atoms with van der Waals surface area (Å²) < 4.78 is 0. The molecule has 1 N–H and O–H groups in total. The number of rotatable bonds is 0. The van der Waals surface area contributed by atoms with Gasteiger partial charge in [0.2, 0.25) is 0 Å². The summed E-state index contributed by atoms with van der Waals surface area (Å²) in [5.41, 5.74) is 3.40. The highest BCUT2D eigenvalue weighted by atomic mass is 16.3. The number of hydrogen-bond donors (Lipinski definition) is 1. The second-order valence-corrected chi connectivity index (χ2v) is 7.93. The fourth-order valence-electron chi connectivity index (χ4n) is 3.41. The van der Waals surface area contributed by atoms with E-state index in [9.17, 15) is 5.11 Å². The Kier molecular flexibility index (Phi) is 8.41. The zero-order chi connectivity index (χ0) is 19.0. The summed E-state index contributed by atoms with van der Waals surface area (Å²) in [6.45, 7) is 15.0. The van der Waals surface area contributed by atoms with E-state index in [4.69, 9.17) is 0 Å². The molecule has 0 saturated heterocycles. The van der Waals surface area contributed by atoms with Gasteiger partial charge in [-0.25, -0.2) is 0 Å². The lowest BCUT2D eigenvalue weighted by molar-refractivity contribution is 0.180. The summed E-state index contributed by atoms with van der Waals surface area (Å²) in [6, 6.07) is 7.47. The van der Waals surface area contributed by atoms with Crippen LogP contribution in [0.1, 0.15) is 78.0 Å². The second kappa shape index (κ2) is 9.79. The van der Waals surface area contributed by atoms with E-state index >= 15 is 0 Å². The Bertz CT molecular complexity index is 649. The lowest BCUT2D eigenvalue weighted by atomic mass is 9.72. The lowest BCUT2D eigenvalue weighted by Gasteiger charge is -2.33. The molecular formula is C23H37NO. The van der Waals surface area contributed by atoms with Crippen molar-refractivity contribution in [2.45, 2.75) is 80.6 Å². The molecule has 1 aliphatic rings. The predicted octanol–water partition coefficient (Wildman–Crippen LogP) is 7.20. The van der Waals surface area contributed by atoms with Gasteiger partial charge in [0.1, 0.15) is 5.75 Å². The minimum Gasteiger partial charge on any atom is -0.508 e. The van der Waals surface area contributed by atoms with Crippen LogP contribution in [0.15, 0.2) is 24.3 Å². The third kappa shape index (κ3) is 6.34. The van der Waals surface area contributed by atoms with E-state index in [0.717, 1.165) is 28.1 Å². The van der Waals surface area contributed by atoms with Gasteiger partial charge in [-0.2, -0.15) is 0 Å². The summed E-state index contributed by atoms with van der Waals surface area (Å²) in [5.74, 6) is 1.33. The number of aryl methyl sites for hydroxylation is 2. The summed E-state index contributed by atoms with van der Waals surface area (Å²) in [4.78, 5) is 4.37. The summed E-state index contributed by atoms with van der Waals surface area (Å²) in [6.07, 6.45) is 7.38. The highest BCUT2D eigenvalue weighted by Gasteiger charge is 2.25. The van der Waals surface area contributed by atoms with E-state index in [-0.39, 0.29) is 0 Å². The van der Waals surface area contributed by atoms with Crippen LogP contribution in [0.3, 0.4) is 0 Å². The minimum atomic E-state index is 0.332. The molecule has 0 atom stereocenters. The molecule has 25 heavy (non-hydrogen) atoms. The number of hydrogen-bond acceptors (Lipinski definition) is 2. The molecule has 3 rings (SSSR count). The van der Waals surface area contributed by atoms with Crippen molar-refractivity contribution in [3.63, 3.8) is 0 Å². The van der Waals surface area contributed by atoms with Crippen LogP contribution < -0.4 is 0 Å². The monoisotopic (exact) mass is 343 g/mol. The second-order valence-electron chi connectivity index (χ2n) is 7.93. The molecule has 1 saturated carbocycles. The number of aromatic hydroxyl groups is 1. The van der Waals surface area contributed by atoms with Gasteiger partial charge in [0.05, 0.1) is 5.52 Å². The van der Waals surface area contributed by atoms with Gasteiger partial charge < -0.3 is 5.11 Å². The Labute approximate surface area is 154 Å². The van der Waals surface area contributed by atoms with Crippen LogP contribution >= 0.6 is 0 Å². The molecule has 1 aromatic carbocycles. The van der Waals surface area contributed by atoms with Gasteiger partial charge in [-0.3, -0.25) is 4.98 Å². The van der Waals surface area contributed by atoms with E-state index < -0.39 is 0 Å². The smallest absolute Gasteiger partial charge is 0.119 e. The van der Waals surface area contributed by atoms with E-state index in [2.05, 4.69) is 25.8 Å². The fourth-order valence-corrected chi connectivity index (χ4v) is 3.41. The number of phenolic OH excluding ortho intramolecular Hbond substituents is 1. The first-order valence-corrected chi connectivity index (χ1v) is 9.85. The Hall–Kier alpha value is -1.57. The van der Waals surface area contributed by atoms with Crippen molar-refractivity contribution < 1.29 is 5.11 Å². The molecule has 0 radical (unpaired) electrons. The molecule has 0 unspecified atom stereocenters. The van der Waals surface area contributed by atoms with Crippen molar-refractivity contribution in [2.75, 3.05) is 0 Å². The fraction of sp³-hybridized carbons (Fsp3) is 0.609. The quantitative estimate of drug-likeness (QED) is 0.549. The Balaban J connectivity index is 0.000000235. The van der Waals surface area contributed by atoms with Gasteiger partial charge >= 0.3 is 0 Å². The summed E-state index contributed by atoms with van der Waals surface area (Å²) in [5, 5.41) is 10.5. The zero-order valence-electron chi connectivity index (χ0n) is 17.3. The maximum Gasteiger partial charge on any atom is 0.119 e. The van der Waals surface area contributed by atoms with Crippen LogP contribution in [0.4, 0.5) is 0 Å². The van der Waals surface area contributed by atoms with Crippen LogP contribution in [-0.2, 0) is 0 Å². The highest BCUT2D eigenvalue weighted by molar-refractivity contribution is 5.84. The van der Waals surface area contributed by atoms with Gasteiger partial charge in [0.25, 0.3) is 0 Å². The summed E-state index contributed by atoms with van der Waals surface area (Å²) >= 11 is 0. The van der Waals surface area contributed by atoms with E-state index in [0.29, 0.717) is 11.2 Å². The van der Waals surface area contributed by atoms with Crippen LogP contribution in [-0.4, -0.2) is 10.1 Å². The normalized spacial score (nSPS) is 15.0. The Morgan fingerprint density at radius 1 is 0.920 bits per heavy atom. The predicted molar refractivity (Wildman–Crippen MR) is 110 cm³/mol. The molecule has 1 aliphatic carbocycles. The molecule has 2 aromatic rings. The van der Waals surface area contributed by atoms with Crippen molar-refractivity contribution in [1.29, 1.82) is 0 Å².